The van der Waals surface area contributed by atoms with Crippen molar-refractivity contribution in [3.63, 3.8) is 0 Å². The van der Waals surface area contributed by atoms with Crippen LogP contribution in [-0.4, -0.2) is 28.6 Å². The molecule has 0 saturated heterocycles. The van der Waals surface area contributed by atoms with Crippen molar-refractivity contribution < 1.29 is 9.59 Å². The lowest BCUT2D eigenvalue weighted by Crippen LogP contribution is -2.21. The molecule has 0 aliphatic rings. The lowest BCUT2D eigenvalue weighted by Gasteiger charge is -2.10. The SMILES string of the molecule is CNC(=O)Cc1ccccc1NC(=O)c1cc2c(C)nn(Cc3ccc(Cl)cc3)c2s1. The number of hydrogen-bond donors (Lipinski definition) is 2. The van der Waals surface area contributed by atoms with E-state index in [9.17, 15) is 9.59 Å². The maximum Gasteiger partial charge on any atom is 0.265 e. The van der Waals surface area contributed by atoms with Crippen LogP contribution in [0.3, 0.4) is 0 Å². The van der Waals surface area contributed by atoms with Crippen LogP contribution in [-0.2, 0) is 17.8 Å². The Balaban J connectivity index is 1.59. The van der Waals surface area contributed by atoms with Crippen LogP contribution >= 0.6 is 22.9 Å². The molecule has 2 aromatic carbocycles. The van der Waals surface area contributed by atoms with Gasteiger partial charge in [-0.3, -0.25) is 14.3 Å². The van der Waals surface area contributed by atoms with E-state index in [4.69, 9.17) is 11.6 Å². The van der Waals surface area contributed by atoms with Crippen LogP contribution in [0.1, 0.15) is 26.5 Å². The number of halogens is 1. The summed E-state index contributed by atoms with van der Waals surface area (Å²) in [6.07, 6.45) is 0.203. The van der Waals surface area contributed by atoms with Crippen molar-refractivity contribution in [1.82, 2.24) is 15.1 Å². The lowest BCUT2D eigenvalue weighted by molar-refractivity contribution is -0.119. The lowest BCUT2D eigenvalue weighted by atomic mass is 10.1. The van der Waals surface area contributed by atoms with Crippen molar-refractivity contribution >= 4 is 50.7 Å². The molecule has 4 aromatic rings. The second kappa shape index (κ2) is 8.91. The summed E-state index contributed by atoms with van der Waals surface area (Å²) in [6.45, 7) is 2.53. The highest BCUT2D eigenvalue weighted by atomic mass is 35.5. The van der Waals surface area contributed by atoms with Gasteiger partial charge in [0.2, 0.25) is 5.91 Å². The van der Waals surface area contributed by atoms with Crippen molar-refractivity contribution in [3.05, 3.63) is 81.3 Å². The molecular formula is C23H21ClN4O2S. The summed E-state index contributed by atoms with van der Waals surface area (Å²) in [4.78, 5) is 26.3. The maximum absolute atomic E-state index is 13.0. The minimum atomic E-state index is -0.206. The quantitative estimate of drug-likeness (QED) is 0.447. The monoisotopic (exact) mass is 452 g/mol. The normalized spacial score (nSPS) is 10.9. The Bertz CT molecular complexity index is 1260. The van der Waals surface area contributed by atoms with Crippen molar-refractivity contribution in [2.75, 3.05) is 12.4 Å². The number of carbonyl (C=O) groups is 2. The van der Waals surface area contributed by atoms with Crippen LogP contribution in [0.25, 0.3) is 10.2 Å². The van der Waals surface area contributed by atoms with Gasteiger partial charge in [-0.25, -0.2) is 0 Å². The molecule has 0 spiro atoms. The Morgan fingerprint density at radius 2 is 1.87 bits per heavy atom. The molecule has 0 radical (unpaired) electrons. The van der Waals surface area contributed by atoms with Gasteiger partial charge in [-0.05, 0) is 42.3 Å². The van der Waals surface area contributed by atoms with Gasteiger partial charge in [-0.15, -0.1) is 11.3 Å². The van der Waals surface area contributed by atoms with Crippen LogP contribution in [0.15, 0.2) is 54.6 Å². The van der Waals surface area contributed by atoms with Crippen molar-refractivity contribution in [2.24, 2.45) is 0 Å². The van der Waals surface area contributed by atoms with E-state index < -0.39 is 0 Å². The molecule has 2 N–H and O–H groups in total. The van der Waals surface area contributed by atoms with Gasteiger partial charge in [-0.2, -0.15) is 5.10 Å². The van der Waals surface area contributed by atoms with Gasteiger partial charge in [0, 0.05) is 23.1 Å². The zero-order valence-electron chi connectivity index (χ0n) is 17.1. The summed E-state index contributed by atoms with van der Waals surface area (Å²) >= 11 is 7.38. The third-order valence-electron chi connectivity index (χ3n) is 4.97. The highest BCUT2D eigenvalue weighted by molar-refractivity contribution is 7.20. The molecule has 0 fully saturated rings. The molecule has 0 aliphatic heterocycles. The first-order valence-electron chi connectivity index (χ1n) is 9.76. The predicted molar refractivity (Wildman–Crippen MR) is 125 cm³/mol. The van der Waals surface area contributed by atoms with Crippen LogP contribution in [0.5, 0.6) is 0 Å². The summed E-state index contributed by atoms with van der Waals surface area (Å²) in [6, 6.07) is 16.8. The molecule has 31 heavy (non-hydrogen) atoms. The second-order valence-corrected chi connectivity index (χ2v) is 8.63. The molecule has 8 heteroatoms. The highest BCUT2D eigenvalue weighted by Gasteiger charge is 2.18. The van der Waals surface area contributed by atoms with Crippen LogP contribution in [0.4, 0.5) is 5.69 Å². The van der Waals surface area contributed by atoms with Crippen molar-refractivity contribution in [1.29, 1.82) is 0 Å². The zero-order chi connectivity index (χ0) is 22.0. The van der Waals surface area contributed by atoms with Gasteiger partial charge in [0.25, 0.3) is 5.91 Å². The minimum Gasteiger partial charge on any atom is -0.359 e. The third kappa shape index (κ3) is 4.62. The van der Waals surface area contributed by atoms with E-state index in [1.165, 1.54) is 11.3 Å². The Morgan fingerprint density at radius 3 is 2.61 bits per heavy atom. The third-order valence-corrected chi connectivity index (χ3v) is 6.37. The highest BCUT2D eigenvalue weighted by Crippen LogP contribution is 2.30. The Labute approximate surface area is 188 Å². The van der Waals surface area contributed by atoms with Crippen molar-refractivity contribution in [3.8, 4) is 0 Å². The number of rotatable bonds is 6. The molecule has 0 aliphatic carbocycles. The van der Waals surface area contributed by atoms with Crippen molar-refractivity contribution in [2.45, 2.75) is 19.9 Å². The summed E-state index contributed by atoms with van der Waals surface area (Å²) in [5.74, 6) is -0.315. The fourth-order valence-corrected chi connectivity index (χ4v) is 4.52. The van der Waals surface area contributed by atoms with E-state index in [0.29, 0.717) is 22.1 Å². The van der Waals surface area contributed by atoms with E-state index >= 15 is 0 Å². The van der Waals surface area contributed by atoms with E-state index in [1.807, 2.05) is 60.1 Å². The molecule has 0 atom stereocenters. The molecule has 0 saturated carbocycles. The molecular weight excluding hydrogens is 432 g/mol. The Morgan fingerprint density at radius 1 is 1.13 bits per heavy atom. The summed E-state index contributed by atoms with van der Waals surface area (Å²) in [7, 11) is 1.59. The van der Waals surface area contributed by atoms with Gasteiger partial charge in [0.1, 0.15) is 4.83 Å². The van der Waals surface area contributed by atoms with Gasteiger partial charge >= 0.3 is 0 Å². The summed E-state index contributed by atoms with van der Waals surface area (Å²) in [5.41, 5.74) is 3.35. The number of amides is 2. The molecule has 4 rings (SSSR count). The van der Waals surface area contributed by atoms with Crippen LogP contribution < -0.4 is 10.6 Å². The predicted octanol–water partition coefficient (Wildman–Crippen LogP) is 4.65. The number of fused-ring (bicyclic) bond motifs is 1. The molecule has 0 unspecified atom stereocenters. The number of aromatic nitrogens is 2. The Hall–Kier alpha value is -3.16. The number of carbonyl (C=O) groups excluding carboxylic acids is 2. The van der Waals surface area contributed by atoms with E-state index in [-0.39, 0.29) is 18.2 Å². The topological polar surface area (TPSA) is 76.0 Å². The number of likely N-dealkylation sites (N-methyl/N-ethyl adjacent to an activating group) is 1. The number of aryl methyl sites for hydroxylation is 1. The zero-order valence-corrected chi connectivity index (χ0v) is 18.7. The largest absolute Gasteiger partial charge is 0.359 e. The maximum atomic E-state index is 13.0. The minimum absolute atomic E-state index is 0.110. The number of benzene rings is 2. The molecule has 2 heterocycles. The Kier molecular flexibility index (Phi) is 6.06. The van der Waals surface area contributed by atoms with Crippen LogP contribution in [0.2, 0.25) is 5.02 Å². The van der Waals surface area contributed by atoms with E-state index in [1.54, 1.807) is 13.1 Å². The average molecular weight is 453 g/mol. The number of anilines is 1. The first-order valence-corrected chi connectivity index (χ1v) is 11.0. The first kappa shape index (κ1) is 21.1. The van der Waals surface area contributed by atoms with Gasteiger partial charge < -0.3 is 10.6 Å². The number of nitrogens with zero attached hydrogens (tertiary/aromatic N) is 2. The second-order valence-electron chi connectivity index (χ2n) is 7.16. The summed E-state index contributed by atoms with van der Waals surface area (Å²) < 4.78 is 1.91. The summed E-state index contributed by atoms with van der Waals surface area (Å²) in [5, 5.41) is 11.8. The molecule has 2 amide bonds. The average Bonchev–Trinajstić information content (AvgIpc) is 3.32. The number of thiophene rings is 1. The number of nitrogens with one attached hydrogen (secondary N) is 2. The molecule has 2 aromatic heterocycles. The van der Waals surface area contributed by atoms with Gasteiger partial charge in [0.05, 0.1) is 23.5 Å². The number of para-hydroxylation sites is 1. The van der Waals surface area contributed by atoms with Gasteiger partial charge in [-0.1, -0.05) is 41.9 Å². The molecule has 0 bridgehead atoms. The first-order chi connectivity index (χ1) is 14.9. The smallest absolute Gasteiger partial charge is 0.265 e. The fraction of sp³-hybridized carbons (Fsp3) is 0.174. The van der Waals surface area contributed by atoms with E-state index in [2.05, 4.69) is 15.7 Å². The standard InChI is InChI=1S/C23H21ClN4O2S/c1-14-18-12-20(22(30)26-19-6-4-3-5-16(19)11-21(29)25-2)31-23(18)28(27-14)13-15-7-9-17(24)10-8-15/h3-10,12H,11,13H2,1-2H3,(H,25,29)(H,26,30). The van der Waals surface area contributed by atoms with Crippen LogP contribution in [0, 0.1) is 6.92 Å². The fourth-order valence-electron chi connectivity index (χ4n) is 3.34. The molecule has 158 valence electrons. The number of hydrogen-bond acceptors (Lipinski definition) is 4. The van der Waals surface area contributed by atoms with E-state index in [0.717, 1.165) is 27.0 Å². The molecule has 6 nitrogen and oxygen atoms in total. The van der Waals surface area contributed by atoms with Gasteiger partial charge in [0.15, 0.2) is 0 Å².